The molecule has 174 valence electrons. The van der Waals surface area contributed by atoms with E-state index in [0.29, 0.717) is 4.91 Å². The molecule has 0 bridgehead atoms. The number of benzene rings is 2. The highest BCUT2D eigenvalue weighted by Crippen LogP contribution is 2.35. The van der Waals surface area contributed by atoms with E-state index in [-0.39, 0.29) is 30.1 Å². The molecule has 0 atom stereocenters. The Balaban J connectivity index is 1.40. The fourth-order valence-electron chi connectivity index (χ4n) is 4.63. The average molecular weight is 474 g/mol. The number of carbonyl (C=O) groups excluding carboxylic acids is 3. The SMILES string of the molecule is O=C(Cn1cc(/C=C2\SC(=O)N(Cc3ccccc3)C2=O)c2ccccc21)N1CCCCCC1. The summed E-state index contributed by atoms with van der Waals surface area (Å²) in [5, 5.41) is 0.696. The Hall–Kier alpha value is -3.32. The van der Waals surface area contributed by atoms with Gasteiger partial charge in [-0.25, -0.2) is 0 Å². The Morgan fingerprint density at radius 3 is 2.38 bits per heavy atom. The van der Waals surface area contributed by atoms with E-state index in [1.165, 1.54) is 17.7 Å². The van der Waals surface area contributed by atoms with Crippen LogP contribution in [0.25, 0.3) is 17.0 Å². The zero-order chi connectivity index (χ0) is 23.5. The Morgan fingerprint density at radius 2 is 1.62 bits per heavy atom. The summed E-state index contributed by atoms with van der Waals surface area (Å²) in [4.78, 5) is 42.3. The third-order valence-electron chi connectivity index (χ3n) is 6.43. The first kappa shape index (κ1) is 22.5. The fourth-order valence-corrected chi connectivity index (χ4v) is 5.46. The first-order valence-corrected chi connectivity index (χ1v) is 12.6. The van der Waals surface area contributed by atoms with Crippen molar-refractivity contribution >= 4 is 45.8 Å². The molecule has 2 saturated heterocycles. The third-order valence-corrected chi connectivity index (χ3v) is 7.33. The highest BCUT2D eigenvalue weighted by atomic mass is 32.2. The number of thioether (sulfide) groups is 1. The molecule has 0 aliphatic carbocycles. The van der Waals surface area contributed by atoms with E-state index in [0.717, 1.165) is 59.7 Å². The van der Waals surface area contributed by atoms with Crippen LogP contribution >= 0.6 is 11.8 Å². The molecule has 7 heteroatoms. The molecule has 0 spiro atoms. The predicted molar refractivity (Wildman–Crippen MR) is 135 cm³/mol. The maximum Gasteiger partial charge on any atom is 0.293 e. The summed E-state index contributed by atoms with van der Waals surface area (Å²) in [5.74, 6) is -0.159. The van der Waals surface area contributed by atoms with Crippen LogP contribution in [0.4, 0.5) is 4.79 Å². The van der Waals surface area contributed by atoms with Gasteiger partial charge in [0.05, 0.1) is 11.4 Å². The van der Waals surface area contributed by atoms with Crippen LogP contribution in [0.1, 0.15) is 36.8 Å². The average Bonchev–Trinajstić information content (AvgIpc) is 3.16. The molecular weight excluding hydrogens is 446 g/mol. The van der Waals surface area contributed by atoms with Crippen LogP contribution in [-0.4, -0.2) is 44.5 Å². The molecule has 3 aromatic rings. The van der Waals surface area contributed by atoms with Crippen LogP contribution in [0, 0.1) is 0 Å². The maximum atomic E-state index is 13.0. The zero-order valence-corrected chi connectivity index (χ0v) is 19.8. The van der Waals surface area contributed by atoms with E-state index in [1.807, 2.05) is 70.3 Å². The lowest BCUT2D eigenvalue weighted by molar-refractivity contribution is -0.131. The van der Waals surface area contributed by atoms with Crippen LogP contribution in [0.3, 0.4) is 0 Å². The summed E-state index contributed by atoms with van der Waals surface area (Å²) in [5.41, 5.74) is 2.69. The van der Waals surface area contributed by atoms with Gasteiger partial charge >= 0.3 is 0 Å². The topological polar surface area (TPSA) is 62.6 Å². The van der Waals surface area contributed by atoms with E-state index < -0.39 is 0 Å². The van der Waals surface area contributed by atoms with Gasteiger partial charge in [0, 0.05) is 35.8 Å². The zero-order valence-electron chi connectivity index (χ0n) is 19.0. The lowest BCUT2D eigenvalue weighted by Crippen LogP contribution is -2.34. The van der Waals surface area contributed by atoms with Crippen LogP contribution in [-0.2, 0) is 22.7 Å². The number of rotatable bonds is 5. The number of carbonyl (C=O) groups is 3. The standard InChI is InChI=1S/C27H27N3O3S/c31-25(28-14-8-1-2-9-15-28)19-29-18-21(22-12-6-7-13-23(22)29)16-24-26(32)30(27(33)34-24)17-20-10-4-3-5-11-20/h3-7,10-13,16,18H,1-2,8-9,14-15,17,19H2/b24-16-. The van der Waals surface area contributed by atoms with Crippen LogP contribution in [0.5, 0.6) is 0 Å². The molecular formula is C27H27N3O3S. The minimum Gasteiger partial charge on any atom is -0.341 e. The number of likely N-dealkylation sites (tertiary alicyclic amines) is 1. The van der Waals surface area contributed by atoms with Gasteiger partial charge in [0.1, 0.15) is 6.54 Å². The Morgan fingerprint density at radius 1 is 0.912 bits per heavy atom. The molecule has 3 heterocycles. The second-order valence-corrected chi connectivity index (χ2v) is 9.77. The highest BCUT2D eigenvalue weighted by molar-refractivity contribution is 8.18. The van der Waals surface area contributed by atoms with E-state index in [9.17, 15) is 14.4 Å². The molecule has 2 aromatic carbocycles. The van der Waals surface area contributed by atoms with E-state index in [2.05, 4.69) is 0 Å². The fraction of sp³-hybridized carbons (Fsp3) is 0.296. The number of aromatic nitrogens is 1. The number of hydrogen-bond acceptors (Lipinski definition) is 4. The molecule has 5 rings (SSSR count). The van der Waals surface area contributed by atoms with Gasteiger partial charge in [-0.3, -0.25) is 19.3 Å². The first-order valence-electron chi connectivity index (χ1n) is 11.7. The molecule has 0 radical (unpaired) electrons. The summed E-state index contributed by atoms with van der Waals surface area (Å²) >= 11 is 0.967. The highest BCUT2D eigenvalue weighted by Gasteiger charge is 2.35. The summed E-state index contributed by atoms with van der Waals surface area (Å²) < 4.78 is 1.96. The second-order valence-electron chi connectivity index (χ2n) is 8.78. The van der Waals surface area contributed by atoms with Crippen LogP contribution in [0.15, 0.2) is 65.7 Å². The van der Waals surface area contributed by atoms with Crippen molar-refractivity contribution in [3.63, 3.8) is 0 Å². The number of fused-ring (bicyclic) bond motifs is 1. The third kappa shape index (κ3) is 4.66. The van der Waals surface area contributed by atoms with Crippen molar-refractivity contribution in [2.45, 2.75) is 38.8 Å². The van der Waals surface area contributed by atoms with Crippen molar-refractivity contribution in [1.82, 2.24) is 14.4 Å². The summed E-state index contributed by atoms with van der Waals surface area (Å²) in [6.45, 7) is 2.16. The smallest absolute Gasteiger partial charge is 0.293 e. The lowest BCUT2D eigenvalue weighted by Gasteiger charge is -2.20. The van der Waals surface area contributed by atoms with Gasteiger partial charge in [-0.1, -0.05) is 61.4 Å². The maximum absolute atomic E-state index is 13.0. The Kier molecular flexibility index (Phi) is 6.54. The number of imide groups is 1. The van der Waals surface area contributed by atoms with Crippen molar-refractivity contribution in [2.24, 2.45) is 0 Å². The number of hydrogen-bond donors (Lipinski definition) is 0. The van der Waals surface area contributed by atoms with Crippen molar-refractivity contribution in [3.05, 3.63) is 76.8 Å². The molecule has 2 fully saturated rings. The van der Waals surface area contributed by atoms with Crippen molar-refractivity contribution < 1.29 is 14.4 Å². The van der Waals surface area contributed by atoms with Gasteiger partial charge in [-0.05, 0) is 42.3 Å². The molecule has 3 amide bonds. The molecule has 1 aromatic heterocycles. The normalized spacial score (nSPS) is 18.2. The van der Waals surface area contributed by atoms with Gasteiger partial charge in [0.25, 0.3) is 11.1 Å². The van der Waals surface area contributed by atoms with E-state index in [1.54, 1.807) is 6.08 Å². The van der Waals surface area contributed by atoms with Gasteiger partial charge in [-0.2, -0.15) is 0 Å². The monoisotopic (exact) mass is 473 g/mol. The molecule has 0 unspecified atom stereocenters. The minimum atomic E-state index is -0.281. The van der Waals surface area contributed by atoms with Crippen LogP contribution in [0.2, 0.25) is 0 Å². The Labute approximate surface area is 203 Å². The molecule has 0 N–H and O–H groups in total. The van der Waals surface area contributed by atoms with Crippen LogP contribution < -0.4 is 0 Å². The van der Waals surface area contributed by atoms with Gasteiger partial charge in [0.15, 0.2) is 0 Å². The van der Waals surface area contributed by atoms with Gasteiger partial charge in [-0.15, -0.1) is 0 Å². The number of para-hydroxylation sites is 1. The largest absolute Gasteiger partial charge is 0.341 e. The summed E-state index contributed by atoms with van der Waals surface area (Å²) in [6.07, 6.45) is 8.18. The Bertz CT molecular complexity index is 1260. The molecule has 6 nitrogen and oxygen atoms in total. The van der Waals surface area contributed by atoms with Gasteiger partial charge in [0.2, 0.25) is 5.91 Å². The lowest BCUT2D eigenvalue weighted by atomic mass is 10.1. The van der Waals surface area contributed by atoms with Crippen molar-refractivity contribution in [2.75, 3.05) is 13.1 Å². The van der Waals surface area contributed by atoms with Gasteiger partial charge < -0.3 is 9.47 Å². The number of amides is 3. The second kappa shape index (κ2) is 9.89. The minimum absolute atomic E-state index is 0.123. The molecule has 2 aliphatic heterocycles. The molecule has 0 saturated carbocycles. The van der Waals surface area contributed by atoms with E-state index >= 15 is 0 Å². The van der Waals surface area contributed by atoms with Crippen molar-refractivity contribution in [1.29, 1.82) is 0 Å². The number of nitrogens with zero attached hydrogens (tertiary/aromatic N) is 3. The molecule has 2 aliphatic rings. The van der Waals surface area contributed by atoms with E-state index in [4.69, 9.17) is 0 Å². The van der Waals surface area contributed by atoms with Crippen molar-refractivity contribution in [3.8, 4) is 0 Å². The first-order chi connectivity index (χ1) is 16.6. The summed E-state index contributed by atoms with van der Waals surface area (Å²) in [7, 11) is 0. The quantitative estimate of drug-likeness (QED) is 0.473. The predicted octanol–water partition coefficient (Wildman–Crippen LogP) is 5.28. The summed E-state index contributed by atoms with van der Waals surface area (Å²) in [6, 6.07) is 17.4. The molecule has 34 heavy (non-hydrogen) atoms.